The molecular weight excluding hydrogens is 405 g/mol. The van der Waals surface area contributed by atoms with Crippen LogP contribution in [0.2, 0.25) is 0 Å². The molecule has 4 rings (SSSR count). The van der Waals surface area contributed by atoms with Crippen molar-refractivity contribution in [3.63, 3.8) is 0 Å². The molecule has 0 aliphatic carbocycles. The lowest BCUT2D eigenvalue weighted by Crippen LogP contribution is -2.31. The number of nitrogens with one attached hydrogen (secondary N) is 1. The van der Waals surface area contributed by atoms with Crippen LogP contribution in [0.3, 0.4) is 0 Å². The fraction of sp³-hybridized carbons (Fsp3) is 0.0952. The number of benzene rings is 1. The third kappa shape index (κ3) is 4.01. The van der Waals surface area contributed by atoms with Crippen LogP contribution in [-0.4, -0.2) is 25.7 Å². The molecule has 0 saturated heterocycles. The first-order chi connectivity index (χ1) is 14.5. The van der Waals surface area contributed by atoms with Gasteiger partial charge in [0.15, 0.2) is 5.69 Å². The SMILES string of the molecule is Cc1cc(=O)c(C(=O)NCc2nc(-c3ccncc3)cs2)nn1-c1ccccc1F. The Kier molecular flexibility index (Phi) is 5.44. The van der Waals surface area contributed by atoms with Crippen molar-refractivity contribution in [1.82, 2.24) is 25.1 Å². The van der Waals surface area contributed by atoms with Crippen LogP contribution in [0.5, 0.6) is 0 Å². The Morgan fingerprint density at radius 3 is 2.73 bits per heavy atom. The monoisotopic (exact) mass is 421 g/mol. The maximum atomic E-state index is 14.2. The van der Waals surface area contributed by atoms with Crippen molar-refractivity contribution in [1.29, 1.82) is 0 Å². The molecule has 0 aliphatic heterocycles. The zero-order valence-corrected chi connectivity index (χ0v) is 16.7. The van der Waals surface area contributed by atoms with Gasteiger partial charge in [0.25, 0.3) is 5.91 Å². The van der Waals surface area contributed by atoms with E-state index in [9.17, 15) is 14.0 Å². The first kappa shape index (κ1) is 19.6. The normalized spacial score (nSPS) is 10.7. The van der Waals surface area contributed by atoms with Crippen molar-refractivity contribution in [2.75, 3.05) is 0 Å². The third-order valence-electron chi connectivity index (χ3n) is 4.33. The summed E-state index contributed by atoms with van der Waals surface area (Å²) in [7, 11) is 0. The molecule has 0 bridgehead atoms. The highest BCUT2D eigenvalue weighted by Crippen LogP contribution is 2.21. The highest BCUT2D eigenvalue weighted by atomic mass is 32.1. The maximum absolute atomic E-state index is 14.2. The minimum atomic E-state index is -0.647. The Labute approximate surface area is 174 Å². The van der Waals surface area contributed by atoms with Crippen molar-refractivity contribution >= 4 is 17.2 Å². The summed E-state index contributed by atoms with van der Waals surface area (Å²) in [5.41, 5.74) is 1.44. The van der Waals surface area contributed by atoms with Gasteiger partial charge < -0.3 is 5.32 Å². The van der Waals surface area contributed by atoms with E-state index in [-0.39, 0.29) is 17.9 Å². The molecule has 3 aromatic heterocycles. The van der Waals surface area contributed by atoms with Gasteiger partial charge in [-0.2, -0.15) is 5.10 Å². The quantitative estimate of drug-likeness (QED) is 0.535. The zero-order chi connectivity index (χ0) is 21.1. The number of aryl methyl sites for hydroxylation is 1. The summed E-state index contributed by atoms with van der Waals surface area (Å²) in [4.78, 5) is 33.3. The fourth-order valence-electron chi connectivity index (χ4n) is 2.86. The molecule has 150 valence electrons. The summed E-state index contributed by atoms with van der Waals surface area (Å²) < 4.78 is 15.4. The number of carbonyl (C=O) groups is 1. The lowest BCUT2D eigenvalue weighted by Gasteiger charge is -2.11. The van der Waals surface area contributed by atoms with E-state index in [0.717, 1.165) is 11.3 Å². The van der Waals surface area contributed by atoms with E-state index < -0.39 is 17.2 Å². The third-order valence-corrected chi connectivity index (χ3v) is 5.18. The molecule has 4 aromatic rings. The molecule has 0 unspecified atom stereocenters. The van der Waals surface area contributed by atoms with E-state index in [1.807, 2.05) is 17.5 Å². The van der Waals surface area contributed by atoms with E-state index in [2.05, 4.69) is 20.4 Å². The number of halogens is 1. The molecule has 3 heterocycles. The van der Waals surface area contributed by atoms with Gasteiger partial charge in [-0.1, -0.05) is 12.1 Å². The largest absolute Gasteiger partial charge is 0.344 e. The van der Waals surface area contributed by atoms with Crippen LogP contribution in [0, 0.1) is 12.7 Å². The molecule has 0 spiro atoms. The summed E-state index contributed by atoms with van der Waals surface area (Å²) in [6, 6.07) is 11.0. The second-order valence-electron chi connectivity index (χ2n) is 6.41. The van der Waals surface area contributed by atoms with E-state index in [0.29, 0.717) is 10.7 Å². The van der Waals surface area contributed by atoms with E-state index in [1.165, 1.54) is 34.2 Å². The number of thiazole rings is 1. The Bertz CT molecular complexity index is 1270. The molecule has 30 heavy (non-hydrogen) atoms. The summed E-state index contributed by atoms with van der Waals surface area (Å²) in [5, 5.41) is 9.32. The Hall–Kier alpha value is -3.72. The first-order valence-electron chi connectivity index (χ1n) is 9.02. The van der Waals surface area contributed by atoms with Gasteiger partial charge >= 0.3 is 0 Å². The van der Waals surface area contributed by atoms with Crippen molar-refractivity contribution in [3.8, 4) is 16.9 Å². The van der Waals surface area contributed by atoms with E-state index in [4.69, 9.17) is 0 Å². The highest BCUT2D eigenvalue weighted by Gasteiger charge is 2.17. The zero-order valence-electron chi connectivity index (χ0n) is 15.9. The van der Waals surface area contributed by atoms with E-state index in [1.54, 1.807) is 31.5 Å². The van der Waals surface area contributed by atoms with Gasteiger partial charge in [-0.3, -0.25) is 14.6 Å². The molecule has 1 amide bonds. The van der Waals surface area contributed by atoms with Crippen LogP contribution in [-0.2, 0) is 6.54 Å². The number of carbonyl (C=O) groups excluding carboxylic acids is 1. The highest BCUT2D eigenvalue weighted by molar-refractivity contribution is 7.09. The molecule has 0 aliphatic rings. The lowest BCUT2D eigenvalue weighted by atomic mass is 10.2. The molecule has 1 aromatic carbocycles. The van der Waals surface area contributed by atoms with Crippen LogP contribution in [0.1, 0.15) is 21.2 Å². The first-order valence-corrected chi connectivity index (χ1v) is 9.90. The summed E-state index contributed by atoms with van der Waals surface area (Å²) >= 11 is 1.39. The molecular formula is C21H16FN5O2S. The van der Waals surface area contributed by atoms with Crippen molar-refractivity contribution in [3.05, 3.63) is 92.7 Å². The molecule has 9 heteroatoms. The van der Waals surface area contributed by atoms with Gasteiger partial charge in [0, 0.05) is 35.1 Å². The molecule has 7 nitrogen and oxygen atoms in total. The van der Waals surface area contributed by atoms with Crippen LogP contribution >= 0.6 is 11.3 Å². The van der Waals surface area contributed by atoms with Gasteiger partial charge in [0.2, 0.25) is 5.43 Å². The van der Waals surface area contributed by atoms with Crippen molar-refractivity contribution in [2.24, 2.45) is 0 Å². The number of hydrogen-bond acceptors (Lipinski definition) is 6. The van der Waals surface area contributed by atoms with Crippen molar-refractivity contribution in [2.45, 2.75) is 13.5 Å². The summed E-state index contributed by atoms with van der Waals surface area (Å²) in [6.45, 7) is 1.77. The smallest absolute Gasteiger partial charge is 0.276 e. The molecule has 1 N–H and O–H groups in total. The molecule has 0 radical (unpaired) electrons. The fourth-order valence-corrected chi connectivity index (χ4v) is 3.60. The Morgan fingerprint density at radius 2 is 1.97 bits per heavy atom. The predicted molar refractivity (Wildman–Crippen MR) is 111 cm³/mol. The summed E-state index contributed by atoms with van der Waals surface area (Å²) in [5.74, 6) is -1.15. The van der Waals surface area contributed by atoms with Gasteiger partial charge in [0.05, 0.1) is 12.2 Å². The number of rotatable bonds is 5. The minimum absolute atomic E-state index is 0.142. The molecule has 0 atom stereocenters. The number of aromatic nitrogens is 4. The van der Waals surface area contributed by atoms with Crippen LogP contribution in [0.15, 0.2) is 65.0 Å². The van der Waals surface area contributed by atoms with Crippen LogP contribution < -0.4 is 10.7 Å². The van der Waals surface area contributed by atoms with Gasteiger partial charge in [0.1, 0.15) is 16.5 Å². The second kappa shape index (κ2) is 8.34. The molecule has 0 fully saturated rings. The van der Waals surface area contributed by atoms with Gasteiger partial charge in [-0.15, -0.1) is 11.3 Å². The van der Waals surface area contributed by atoms with Crippen LogP contribution in [0.25, 0.3) is 16.9 Å². The van der Waals surface area contributed by atoms with Gasteiger partial charge in [-0.05, 0) is 31.2 Å². The Morgan fingerprint density at radius 1 is 1.20 bits per heavy atom. The van der Waals surface area contributed by atoms with Crippen molar-refractivity contribution < 1.29 is 9.18 Å². The number of nitrogens with zero attached hydrogens (tertiary/aromatic N) is 4. The average molecular weight is 421 g/mol. The lowest BCUT2D eigenvalue weighted by molar-refractivity contribution is 0.0943. The van der Waals surface area contributed by atoms with E-state index >= 15 is 0 Å². The second-order valence-corrected chi connectivity index (χ2v) is 7.35. The number of pyridine rings is 1. The number of amides is 1. The predicted octanol–water partition coefficient (Wildman–Crippen LogP) is 3.13. The average Bonchev–Trinajstić information content (AvgIpc) is 3.23. The minimum Gasteiger partial charge on any atom is -0.344 e. The number of para-hydroxylation sites is 1. The standard InChI is InChI=1S/C21H16FN5O2S/c1-13-10-18(28)20(26-27(13)17-5-3-2-4-15(17)22)21(29)24-11-19-25-16(12-30-19)14-6-8-23-9-7-14/h2-10,12H,11H2,1H3,(H,24,29). The topological polar surface area (TPSA) is 89.8 Å². The van der Waals surface area contributed by atoms with Gasteiger partial charge in [-0.25, -0.2) is 14.1 Å². The Balaban J connectivity index is 1.54. The molecule has 0 saturated carbocycles. The van der Waals surface area contributed by atoms with Crippen LogP contribution in [0.4, 0.5) is 4.39 Å². The maximum Gasteiger partial charge on any atom is 0.276 e. The summed E-state index contributed by atoms with van der Waals surface area (Å²) in [6.07, 6.45) is 3.36. The number of hydrogen-bond donors (Lipinski definition) is 1.